The van der Waals surface area contributed by atoms with Crippen LogP contribution in [0.2, 0.25) is 0 Å². The Morgan fingerprint density at radius 2 is 2.23 bits per heavy atom. The van der Waals surface area contributed by atoms with Gasteiger partial charge in [-0.25, -0.2) is 14.6 Å². The average molecular weight is 313 g/mol. The molecule has 0 bridgehead atoms. The largest absolute Gasteiger partial charge is 0.463 e. The van der Waals surface area contributed by atoms with Gasteiger partial charge >= 0.3 is 0 Å². The van der Waals surface area contributed by atoms with E-state index in [-0.39, 0.29) is 5.95 Å². The summed E-state index contributed by atoms with van der Waals surface area (Å²) in [6.45, 7) is 2.44. The maximum atomic E-state index is 5.81. The van der Waals surface area contributed by atoms with Crippen LogP contribution < -0.4 is 5.73 Å². The fourth-order valence-electron chi connectivity index (χ4n) is 2.20. The molecule has 4 aromatic heterocycles. The van der Waals surface area contributed by atoms with Crippen LogP contribution in [-0.4, -0.2) is 29.9 Å². The van der Waals surface area contributed by atoms with Gasteiger partial charge in [-0.05, 0) is 19.1 Å². The van der Waals surface area contributed by atoms with Gasteiger partial charge in [0.2, 0.25) is 5.95 Å². The van der Waals surface area contributed by atoms with Crippen LogP contribution in [-0.2, 0) is 6.54 Å². The number of rotatable bonds is 3. The molecule has 0 amide bonds. The zero-order valence-corrected chi connectivity index (χ0v) is 12.4. The molecule has 0 radical (unpaired) electrons. The van der Waals surface area contributed by atoms with E-state index >= 15 is 0 Å². The van der Waals surface area contributed by atoms with Crippen molar-refractivity contribution in [2.75, 3.05) is 5.73 Å². The summed E-state index contributed by atoms with van der Waals surface area (Å²) in [6.07, 6.45) is 1.57. The lowest BCUT2D eigenvalue weighted by atomic mass is 10.3. The van der Waals surface area contributed by atoms with Gasteiger partial charge in [-0.3, -0.25) is 0 Å². The minimum Gasteiger partial charge on any atom is -0.463 e. The summed E-state index contributed by atoms with van der Waals surface area (Å²) < 4.78 is 7.04. The Morgan fingerprint density at radius 3 is 2.95 bits per heavy atom. The second-order valence-corrected chi connectivity index (χ2v) is 5.75. The Kier molecular flexibility index (Phi) is 2.86. The number of furan rings is 1. The minimum atomic E-state index is 0.150. The monoisotopic (exact) mass is 313 g/mol. The van der Waals surface area contributed by atoms with Crippen LogP contribution in [0.3, 0.4) is 0 Å². The number of aromatic nitrogens is 6. The normalized spacial score (nSPS) is 11.3. The first kappa shape index (κ1) is 12.9. The third kappa shape index (κ3) is 2.11. The van der Waals surface area contributed by atoms with E-state index in [0.717, 1.165) is 10.7 Å². The van der Waals surface area contributed by atoms with Crippen LogP contribution in [0, 0.1) is 6.92 Å². The van der Waals surface area contributed by atoms with Crippen molar-refractivity contribution in [3.63, 3.8) is 0 Å². The maximum Gasteiger partial charge on any atom is 0.222 e. The van der Waals surface area contributed by atoms with Gasteiger partial charge in [0.1, 0.15) is 5.69 Å². The van der Waals surface area contributed by atoms with E-state index < -0.39 is 0 Å². The first-order valence-corrected chi connectivity index (χ1v) is 7.40. The van der Waals surface area contributed by atoms with E-state index in [1.54, 1.807) is 34.4 Å². The molecule has 4 heterocycles. The number of anilines is 1. The van der Waals surface area contributed by atoms with Gasteiger partial charge in [-0.15, -0.1) is 16.4 Å². The lowest BCUT2D eigenvalue weighted by Gasteiger charge is -2.01. The predicted octanol–water partition coefficient (Wildman–Crippen LogP) is 1.88. The quantitative estimate of drug-likeness (QED) is 0.615. The zero-order valence-electron chi connectivity index (χ0n) is 11.6. The molecule has 4 rings (SSSR count). The number of thiazole rings is 1. The van der Waals surface area contributed by atoms with Gasteiger partial charge < -0.3 is 10.2 Å². The van der Waals surface area contributed by atoms with Gasteiger partial charge in [-0.2, -0.15) is 4.98 Å². The topological polar surface area (TPSA) is 109 Å². The first-order chi connectivity index (χ1) is 10.7. The van der Waals surface area contributed by atoms with E-state index in [4.69, 9.17) is 10.2 Å². The van der Waals surface area contributed by atoms with Crippen LogP contribution in [0.15, 0.2) is 28.2 Å². The van der Waals surface area contributed by atoms with Crippen molar-refractivity contribution in [1.82, 2.24) is 29.9 Å². The summed E-state index contributed by atoms with van der Waals surface area (Å²) in [5.74, 6) is 0.729. The number of aryl methyl sites for hydroxylation is 1. The third-order valence-corrected chi connectivity index (χ3v) is 3.94. The first-order valence-electron chi connectivity index (χ1n) is 6.52. The Morgan fingerprint density at radius 1 is 1.32 bits per heavy atom. The summed E-state index contributed by atoms with van der Waals surface area (Å²) in [5, 5.41) is 11.3. The summed E-state index contributed by atoms with van der Waals surface area (Å²) in [4.78, 5) is 12.9. The van der Waals surface area contributed by atoms with Crippen molar-refractivity contribution >= 4 is 28.4 Å². The lowest BCUT2D eigenvalue weighted by molar-refractivity contribution is 0.580. The number of hydrogen-bond donors (Lipinski definition) is 1. The average Bonchev–Trinajstić information content (AvgIpc) is 3.21. The van der Waals surface area contributed by atoms with Crippen molar-refractivity contribution in [2.24, 2.45) is 0 Å². The van der Waals surface area contributed by atoms with Gasteiger partial charge in [-0.1, -0.05) is 5.21 Å². The summed E-state index contributed by atoms with van der Waals surface area (Å²) >= 11 is 1.59. The molecule has 0 saturated heterocycles. The van der Waals surface area contributed by atoms with Crippen LogP contribution in [0.1, 0.15) is 10.7 Å². The second kappa shape index (κ2) is 4.88. The summed E-state index contributed by atoms with van der Waals surface area (Å²) in [6, 6.07) is 3.58. The van der Waals surface area contributed by atoms with Gasteiger partial charge in [0.15, 0.2) is 16.9 Å². The van der Waals surface area contributed by atoms with E-state index in [0.29, 0.717) is 29.2 Å². The lowest BCUT2D eigenvalue weighted by Crippen LogP contribution is -2.05. The molecular formula is C13H11N7OS. The smallest absolute Gasteiger partial charge is 0.222 e. The Hall–Kier alpha value is -2.81. The molecule has 0 aliphatic rings. The van der Waals surface area contributed by atoms with E-state index in [1.165, 1.54) is 0 Å². The molecule has 110 valence electrons. The Labute approximate surface area is 128 Å². The number of nitrogen functional groups attached to an aromatic ring is 1. The molecule has 8 nitrogen and oxygen atoms in total. The summed E-state index contributed by atoms with van der Waals surface area (Å²) in [5.41, 5.74) is 8.37. The van der Waals surface area contributed by atoms with Gasteiger partial charge in [0, 0.05) is 5.38 Å². The number of fused-ring (bicyclic) bond motifs is 1. The van der Waals surface area contributed by atoms with Gasteiger partial charge in [0.25, 0.3) is 0 Å². The Bertz CT molecular complexity index is 941. The standard InChI is InChI=1S/C13H11N7OS/c1-7-15-8(6-22-7)5-20-12-11(18-19-20)10(16-13(14)17-12)9-3-2-4-21-9/h2-4,6H,5H2,1H3,(H2,14,16,17). The zero-order chi connectivity index (χ0) is 15.1. The highest BCUT2D eigenvalue weighted by molar-refractivity contribution is 7.09. The number of nitrogens with zero attached hydrogens (tertiary/aromatic N) is 6. The van der Waals surface area contributed by atoms with Crippen LogP contribution in [0.25, 0.3) is 22.6 Å². The maximum absolute atomic E-state index is 5.81. The molecule has 4 aromatic rings. The molecule has 0 fully saturated rings. The van der Waals surface area contributed by atoms with Crippen LogP contribution >= 0.6 is 11.3 Å². The van der Waals surface area contributed by atoms with Crippen LogP contribution in [0.5, 0.6) is 0 Å². The SMILES string of the molecule is Cc1nc(Cn2nnc3c(-c4ccco4)nc(N)nc32)cs1. The molecule has 0 aliphatic carbocycles. The van der Waals surface area contributed by atoms with E-state index in [9.17, 15) is 0 Å². The number of nitrogens with two attached hydrogens (primary N) is 1. The van der Waals surface area contributed by atoms with Crippen molar-refractivity contribution in [3.05, 3.63) is 34.5 Å². The van der Waals surface area contributed by atoms with Crippen LogP contribution in [0.4, 0.5) is 5.95 Å². The molecule has 22 heavy (non-hydrogen) atoms. The predicted molar refractivity (Wildman–Crippen MR) is 81.2 cm³/mol. The molecule has 0 atom stereocenters. The highest BCUT2D eigenvalue weighted by atomic mass is 32.1. The molecule has 0 aromatic carbocycles. The molecule has 0 saturated carbocycles. The molecule has 0 unspecified atom stereocenters. The van der Waals surface area contributed by atoms with E-state index in [1.807, 2.05) is 12.3 Å². The number of hydrogen-bond acceptors (Lipinski definition) is 8. The molecular weight excluding hydrogens is 302 g/mol. The van der Waals surface area contributed by atoms with Crippen molar-refractivity contribution < 1.29 is 4.42 Å². The van der Waals surface area contributed by atoms with Crippen molar-refractivity contribution in [2.45, 2.75) is 13.5 Å². The molecule has 0 spiro atoms. The fraction of sp³-hybridized carbons (Fsp3) is 0.154. The van der Waals surface area contributed by atoms with Crippen molar-refractivity contribution in [1.29, 1.82) is 0 Å². The highest BCUT2D eigenvalue weighted by Gasteiger charge is 2.17. The highest BCUT2D eigenvalue weighted by Crippen LogP contribution is 2.25. The Balaban J connectivity index is 1.85. The second-order valence-electron chi connectivity index (χ2n) is 4.68. The van der Waals surface area contributed by atoms with Crippen molar-refractivity contribution in [3.8, 4) is 11.5 Å². The molecule has 2 N–H and O–H groups in total. The van der Waals surface area contributed by atoms with E-state index in [2.05, 4.69) is 25.3 Å². The third-order valence-electron chi connectivity index (χ3n) is 3.11. The minimum absolute atomic E-state index is 0.150. The molecule has 0 aliphatic heterocycles. The molecule has 9 heteroatoms. The van der Waals surface area contributed by atoms with Gasteiger partial charge in [0.05, 0.1) is 23.5 Å². The fourth-order valence-corrected chi connectivity index (χ4v) is 2.80. The summed E-state index contributed by atoms with van der Waals surface area (Å²) in [7, 11) is 0.